The fourth-order valence-corrected chi connectivity index (χ4v) is 4.00. The molecule has 13 heteroatoms. The summed E-state index contributed by atoms with van der Waals surface area (Å²) < 4.78 is 58.4. The molecular formula is C20H20F4N6O2S. The zero-order valence-corrected chi connectivity index (χ0v) is 18.1. The lowest BCUT2D eigenvalue weighted by atomic mass is 9.96. The van der Waals surface area contributed by atoms with E-state index in [2.05, 4.69) is 20.7 Å². The van der Waals surface area contributed by atoms with Gasteiger partial charge in [0.05, 0.1) is 16.3 Å². The van der Waals surface area contributed by atoms with Gasteiger partial charge < -0.3 is 15.4 Å². The van der Waals surface area contributed by atoms with Gasteiger partial charge in [-0.05, 0) is 31.3 Å². The van der Waals surface area contributed by atoms with E-state index in [0.29, 0.717) is 28.6 Å². The number of carbonyl (C=O) groups excluding carboxylic acids is 1. The Morgan fingerprint density at radius 2 is 2.15 bits per heavy atom. The second-order valence-corrected chi connectivity index (χ2v) is 8.25. The minimum Gasteiger partial charge on any atom is -0.443 e. The number of hydrogen-bond donors (Lipinski definition) is 4. The number of rotatable bonds is 8. The lowest BCUT2D eigenvalue weighted by Gasteiger charge is -2.23. The van der Waals surface area contributed by atoms with Crippen molar-refractivity contribution in [1.29, 1.82) is 10.9 Å². The fraction of sp³-hybridized carbons (Fsp3) is 0.350. The number of nitrogens with one attached hydrogen (secondary N) is 4. The van der Waals surface area contributed by atoms with Crippen LogP contribution in [0.4, 0.5) is 17.6 Å². The molecule has 1 aromatic heterocycles. The van der Waals surface area contributed by atoms with Crippen molar-refractivity contribution in [2.24, 2.45) is 11.0 Å². The highest BCUT2D eigenvalue weighted by Gasteiger charge is 2.44. The number of hydrogen-bond acceptors (Lipinski definition) is 8. The standard InChI is InChI=1S/C20H20F4N6O2S/c1-27-9-11(30-26)7-17(25)32-12-3-5-15-16(8-12)33-19(29-15)18(31)28-10-2-4-14(21)13(6-10)20(22,23)24/h2-5,8,11,13,25-27H,6-7,9H2,1H3,(H,28,31). The lowest BCUT2D eigenvalue weighted by molar-refractivity contribution is -0.168. The van der Waals surface area contributed by atoms with Gasteiger partial charge in [0.25, 0.3) is 5.91 Å². The Morgan fingerprint density at radius 3 is 2.82 bits per heavy atom. The molecule has 1 aliphatic rings. The monoisotopic (exact) mass is 484 g/mol. The minimum absolute atomic E-state index is 0.0128. The minimum atomic E-state index is -4.76. The van der Waals surface area contributed by atoms with Crippen LogP contribution in [0.3, 0.4) is 0 Å². The SMILES string of the molecule is CNCC(CC(=N)Oc1ccc2nc(C(=O)NC3=CC=C(F)C(C(F)(F)F)C3)sc2c1)N=N. The van der Waals surface area contributed by atoms with Gasteiger partial charge in [-0.3, -0.25) is 10.2 Å². The van der Waals surface area contributed by atoms with Gasteiger partial charge in [0, 0.05) is 31.1 Å². The number of amides is 1. The van der Waals surface area contributed by atoms with Gasteiger partial charge in [-0.2, -0.15) is 18.3 Å². The largest absolute Gasteiger partial charge is 0.443 e. The van der Waals surface area contributed by atoms with Crippen molar-refractivity contribution >= 4 is 33.4 Å². The number of halogens is 4. The van der Waals surface area contributed by atoms with Crippen LogP contribution in [-0.2, 0) is 0 Å². The van der Waals surface area contributed by atoms with Crippen LogP contribution in [0.25, 0.3) is 10.2 Å². The first-order valence-electron chi connectivity index (χ1n) is 9.72. The zero-order chi connectivity index (χ0) is 24.2. The summed E-state index contributed by atoms with van der Waals surface area (Å²) in [7, 11) is 1.71. The molecule has 0 fully saturated rings. The molecule has 3 rings (SSSR count). The van der Waals surface area contributed by atoms with Crippen molar-refractivity contribution in [2.45, 2.75) is 25.1 Å². The number of benzene rings is 1. The number of ether oxygens (including phenoxy) is 1. The predicted molar refractivity (Wildman–Crippen MR) is 114 cm³/mol. The van der Waals surface area contributed by atoms with Crippen molar-refractivity contribution in [1.82, 2.24) is 15.6 Å². The number of alkyl halides is 3. The summed E-state index contributed by atoms with van der Waals surface area (Å²) >= 11 is 0.998. The molecule has 2 atom stereocenters. The first-order valence-corrected chi connectivity index (χ1v) is 10.5. The Labute approximate surface area is 189 Å². The smallest absolute Gasteiger partial charge is 0.398 e. The van der Waals surface area contributed by atoms with Gasteiger partial charge in [-0.1, -0.05) is 0 Å². The summed E-state index contributed by atoms with van der Waals surface area (Å²) in [5.41, 5.74) is 7.55. The number of fused-ring (bicyclic) bond motifs is 1. The van der Waals surface area contributed by atoms with E-state index in [1.807, 2.05) is 0 Å². The zero-order valence-electron chi connectivity index (χ0n) is 17.3. The third-order valence-corrected chi connectivity index (χ3v) is 5.73. The highest BCUT2D eigenvalue weighted by molar-refractivity contribution is 7.20. The molecule has 0 saturated carbocycles. The van der Waals surface area contributed by atoms with E-state index in [1.54, 1.807) is 25.2 Å². The topological polar surface area (TPSA) is 123 Å². The maximum absolute atomic E-state index is 13.5. The van der Waals surface area contributed by atoms with Crippen LogP contribution in [-0.4, -0.2) is 42.6 Å². The molecule has 4 N–H and O–H groups in total. The molecule has 176 valence electrons. The van der Waals surface area contributed by atoms with Gasteiger partial charge in [0.1, 0.15) is 17.5 Å². The maximum atomic E-state index is 13.5. The molecule has 0 bridgehead atoms. The average Bonchev–Trinajstić information content (AvgIpc) is 3.17. The fourth-order valence-electron chi connectivity index (χ4n) is 3.11. The Balaban J connectivity index is 1.68. The molecule has 33 heavy (non-hydrogen) atoms. The summed E-state index contributed by atoms with van der Waals surface area (Å²) in [5, 5.41) is 16.6. The van der Waals surface area contributed by atoms with Crippen LogP contribution in [0.1, 0.15) is 22.6 Å². The van der Waals surface area contributed by atoms with E-state index in [0.717, 1.165) is 17.4 Å². The molecular weight excluding hydrogens is 464 g/mol. The van der Waals surface area contributed by atoms with Crippen LogP contribution >= 0.6 is 11.3 Å². The normalized spacial score (nSPS) is 17.2. The molecule has 1 aromatic carbocycles. The average molecular weight is 484 g/mol. The van der Waals surface area contributed by atoms with Crippen LogP contribution in [0.5, 0.6) is 5.75 Å². The Hall–Kier alpha value is -3.19. The van der Waals surface area contributed by atoms with Crippen LogP contribution < -0.4 is 15.4 Å². The van der Waals surface area contributed by atoms with E-state index in [-0.39, 0.29) is 23.0 Å². The van der Waals surface area contributed by atoms with Crippen molar-refractivity contribution in [3.8, 4) is 5.75 Å². The van der Waals surface area contributed by atoms with Crippen molar-refractivity contribution < 1.29 is 27.1 Å². The number of nitrogens with zero attached hydrogens (tertiary/aromatic N) is 2. The maximum Gasteiger partial charge on any atom is 0.398 e. The van der Waals surface area contributed by atoms with Gasteiger partial charge >= 0.3 is 6.18 Å². The van der Waals surface area contributed by atoms with Gasteiger partial charge in [-0.15, -0.1) is 11.3 Å². The Bertz CT molecular complexity index is 1130. The third kappa shape index (κ3) is 6.20. The molecule has 2 unspecified atom stereocenters. The number of thiazole rings is 1. The summed E-state index contributed by atoms with van der Waals surface area (Å²) in [5.74, 6) is -4.05. The van der Waals surface area contributed by atoms with Crippen molar-refractivity contribution in [3.05, 3.63) is 46.9 Å². The molecule has 0 saturated heterocycles. The van der Waals surface area contributed by atoms with E-state index in [4.69, 9.17) is 15.7 Å². The predicted octanol–water partition coefficient (Wildman–Crippen LogP) is 4.71. The van der Waals surface area contributed by atoms with E-state index >= 15 is 0 Å². The van der Waals surface area contributed by atoms with Gasteiger partial charge in [0.2, 0.25) is 0 Å². The molecule has 0 spiro atoms. The number of allylic oxidation sites excluding steroid dienone is 4. The summed E-state index contributed by atoms with van der Waals surface area (Å²) in [4.78, 5) is 16.7. The van der Waals surface area contributed by atoms with E-state index in [9.17, 15) is 22.4 Å². The van der Waals surface area contributed by atoms with E-state index in [1.165, 1.54) is 0 Å². The quantitative estimate of drug-likeness (QED) is 0.188. The summed E-state index contributed by atoms with van der Waals surface area (Å²) in [6.45, 7) is 0.421. The molecule has 1 heterocycles. The summed E-state index contributed by atoms with van der Waals surface area (Å²) in [6, 6.07) is 4.30. The third-order valence-electron chi connectivity index (χ3n) is 4.71. The first-order chi connectivity index (χ1) is 15.6. The molecule has 0 radical (unpaired) electrons. The molecule has 1 aliphatic carbocycles. The lowest BCUT2D eigenvalue weighted by Crippen LogP contribution is -2.31. The number of likely N-dealkylation sites (N-methyl/N-ethyl adjacent to an activating group) is 1. The van der Waals surface area contributed by atoms with Gasteiger partial charge in [0.15, 0.2) is 10.9 Å². The summed E-state index contributed by atoms with van der Waals surface area (Å²) in [6.07, 6.45) is -3.54. The van der Waals surface area contributed by atoms with Crippen LogP contribution in [0.2, 0.25) is 0 Å². The van der Waals surface area contributed by atoms with Gasteiger partial charge in [-0.25, -0.2) is 14.9 Å². The highest BCUT2D eigenvalue weighted by Crippen LogP contribution is 2.39. The second kappa shape index (κ2) is 10.2. The highest BCUT2D eigenvalue weighted by atomic mass is 32.1. The molecule has 1 amide bonds. The first kappa shape index (κ1) is 24.5. The van der Waals surface area contributed by atoms with Crippen molar-refractivity contribution in [2.75, 3.05) is 13.6 Å². The van der Waals surface area contributed by atoms with Crippen LogP contribution in [0.15, 0.2) is 47.0 Å². The number of carbonyl (C=O) groups is 1. The van der Waals surface area contributed by atoms with Crippen molar-refractivity contribution in [3.63, 3.8) is 0 Å². The molecule has 0 aliphatic heterocycles. The molecule has 8 nitrogen and oxygen atoms in total. The molecule has 2 aromatic rings. The van der Waals surface area contributed by atoms with Crippen LogP contribution in [0, 0.1) is 16.9 Å². The van der Waals surface area contributed by atoms with E-state index < -0.39 is 36.3 Å². The second-order valence-electron chi connectivity index (χ2n) is 7.21. The number of aromatic nitrogens is 1. The Kier molecular flexibility index (Phi) is 7.53. The Morgan fingerprint density at radius 1 is 1.39 bits per heavy atom.